The topological polar surface area (TPSA) is 59.1 Å². The van der Waals surface area contributed by atoms with E-state index >= 15 is 0 Å². The molecule has 0 bridgehead atoms. The van der Waals surface area contributed by atoms with Crippen LogP contribution in [-0.2, 0) is 9.84 Å². The standard InChI is InChI=1S/C9H10NO3/c11-5-2-6-13-9(12)8-3-1-4-10-7-8/h1,3-4,7H,2,5-6H2. The molecule has 1 aromatic rings. The van der Waals surface area contributed by atoms with Crippen molar-refractivity contribution in [3.05, 3.63) is 30.1 Å². The average Bonchev–Trinajstić information content (AvgIpc) is 2.19. The quantitative estimate of drug-likeness (QED) is 0.514. The number of pyridine rings is 1. The Hall–Kier alpha value is -1.42. The lowest BCUT2D eigenvalue weighted by Gasteiger charge is -2.01. The van der Waals surface area contributed by atoms with Crippen LogP contribution in [-0.4, -0.2) is 24.2 Å². The Bertz CT molecular complexity index is 261. The lowest BCUT2D eigenvalue weighted by atomic mass is 10.3. The van der Waals surface area contributed by atoms with E-state index in [4.69, 9.17) is 4.74 Å². The molecular weight excluding hydrogens is 170 g/mol. The van der Waals surface area contributed by atoms with E-state index in [-0.39, 0.29) is 13.2 Å². The summed E-state index contributed by atoms with van der Waals surface area (Å²) in [7, 11) is 0. The van der Waals surface area contributed by atoms with Gasteiger partial charge in [0.25, 0.3) is 0 Å². The van der Waals surface area contributed by atoms with Crippen molar-refractivity contribution in [2.75, 3.05) is 13.2 Å². The summed E-state index contributed by atoms with van der Waals surface area (Å²) in [6, 6.07) is 3.27. The Morgan fingerprint density at radius 2 is 2.38 bits per heavy atom. The van der Waals surface area contributed by atoms with Crippen LogP contribution in [0.15, 0.2) is 24.5 Å². The maximum absolute atomic E-state index is 11.2. The first-order valence-corrected chi connectivity index (χ1v) is 4.00. The highest BCUT2D eigenvalue weighted by molar-refractivity contribution is 5.88. The van der Waals surface area contributed by atoms with Gasteiger partial charge in [-0.2, -0.15) is 0 Å². The Morgan fingerprint density at radius 3 is 3.00 bits per heavy atom. The second-order valence-corrected chi connectivity index (χ2v) is 2.44. The van der Waals surface area contributed by atoms with E-state index in [0.717, 1.165) is 0 Å². The summed E-state index contributed by atoms with van der Waals surface area (Å²) < 4.78 is 4.79. The van der Waals surface area contributed by atoms with Gasteiger partial charge in [0.15, 0.2) is 0 Å². The third-order valence-electron chi connectivity index (χ3n) is 1.42. The second-order valence-electron chi connectivity index (χ2n) is 2.44. The predicted molar refractivity (Wildman–Crippen MR) is 44.7 cm³/mol. The highest BCUT2D eigenvalue weighted by Crippen LogP contribution is 1.98. The zero-order valence-electron chi connectivity index (χ0n) is 7.10. The summed E-state index contributed by atoms with van der Waals surface area (Å²) in [6.45, 7) is -0.0441. The lowest BCUT2D eigenvalue weighted by molar-refractivity contribution is 0.0463. The summed E-state index contributed by atoms with van der Waals surface area (Å²) >= 11 is 0. The van der Waals surface area contributed by atoms with Gasteiger partial charge in [0.05, 0.1) is 18.8 Å². The van der Waals surface area contributed by atoms with Gasteiger partial charge in [-0.15, -0.1) is 0 Å². The highest BCUT2D eigenvalue weighted by atomic mass is 16.5. The Kier molecular flexibility index (Phi) is 3.92. The minimum Gasteiger partial charge on any atom is -0.462 e. The molecule has 0 saturated carbocycles. The van der Waals surface area contributed by atoms with Gasteiger partial charge in [0, 0.05) is 18.8 Å². The van der Waals surface area contributed by atoms with Crippen LogP contribution < -0.4 is 0 Å². The number of rotatable bonds is 4. The van der Waals surface area contributed by atoms with E-state index in [2.05, 4.69) is 4.98 Å². The molecule has 69 valence electrons. The Morgan fingerprint density at radius 1 is 1.54 bits per heavy atom. The molecule has 0 aliphatic carbocycles. The number of hydrogen-bond acceptors (Lipinski definition) is 3. The van der Waals surface area contributed by atoms with E-state index in [1.54, 1.807) is 18.3 Å². The second kappa shape index (κ2) is 5.27. The number of aromatic nitrogens is 1. The molecule has 1 radical (unpaired) electrons. The maximum atomic E-state index is 11.2. The van der Waals surface area contributed by atoms with Crippen molar-refractivity contribution < 1.29 is 14.6 Å². The van der Waals surface area contributed by atoms with Crippen LogP contribution in [0.4, 0.5) is 0 Å². The van der Waals surface area contributed by atoms with E-state index in [0.29, 0.717) is 12.0 Å². The van der Waals surface area contributed by atoms with Crippen LogP contribution in [0.5, 0.6) is 0 Å². The van der Waals surface area contributed by atoms with Crippen molar-refractivity contribution >= 4 is 5.97 Å². The van der Waals surface area contributed by atoms with E-state index in [1.165, 1.54) is 6.20 Å². The molecule has 0 N–H and O–H groups in total. The Balaban J connectivity index is 2.40. The van der Waals surface area contributed by atoms with Gasteiger partial charge in [0.2, 0.25) is 0 Å². The summed E-state index contributed by atoms with van der Waals surface area (Å²) in [6.07, 6.45) is 3.36. The summed E-state index contributed by atoms with van der Waals surface area (Å²) in [5.41, 5.74) is 0.411. The minimum atomic E-state index is -0.429. The maximum Gasteiger partial charge on any atom is 0.339 e. The first-order chi connectivity index (χ1) is 6.34. The van der Waals surface area contributed by atoms with Crippen LogP contribution in [0.25, 0.3) is 0 Å². The van der Waals surface area contributed by atoms with Gasteiger partial charge in [0.1, 0.15) is 0 Å². The third kappa shape index (κ3) is 3.21. The highest BCUT2D eigenvalue weighted by Gasteiger charge is 2.05. The summed E-state index contributed by atoms with van der Waals surface area (Å²) in [4.78, 5) is 14.9. The predicted octanol–water partition coefficient (Wildman–Crippen LogP) is 1.06. The molecule has 0 fully saturated rings. The molecule has 1 rings (SSSR count). The number of ether oxygens (including phenoxy) is 1. The normalized spacial score (nSPS) is 9.62. The summed E-state index contributed by atoms with van der Waals surface area (Å²) in [5, 5.41) is 10.0. The van der Waals surface area contributed by atoms with Crippen molar-refractivity contribution in [3.8, 4) is 0 Å². The van der Waals surface area contributed by atoms with Gasteiger partial charge in [-0.05, 0) is 12.1 Å². The zero-order chi connectivity index (χ0) is 9.52. The fourth-order valence-corrected chi connectivity index (χ4v) is 0.791. The fraction of sp³-hybridized carbons (Fsp3) is 0.333. The van der Waals surface area contributed by atoms with Crippen LogP contribution in [0, 0.1) is 0 Å². The van der Waals surface area contributed by atoms with Crippen molar-refractivity contribution in [1.29, 1.82) is 0 Å². The van der Waals surface area contributed by atoms with Crippen molar-refractivity contribution in [3.63, 3.8) is 0 Å². The third-order valence-corrected chi connectivity index (χ3v) is 1.42. The van der Waals surface area contributed by atoms with Crippen LogP contribution in [0.3, 0.4) is 0 Å². The molecule has 0 spiro atoms. The number of nitrogens with zero attached hydrogens (tertiary/aromatic N) is 1. The molecule has 1 heterocycles. The van der Waals surface area contributed by atoms with Crippen molar-refractivity contribution in [2.45, 2.75) is 6.42 Å². The van der Waals surface area contributed by atoms with Crippen molar-refractivity contribution in [1.82, 2.24) is 4.98 Å². The first-order valence-electron chi connectivity index (χ1n) is 4.00. The molecule has 0 saturated heterocycles. The fourth-order valence-electron chi connectivity index (χ4n) is 0.791. The number of carbonyl (C=O) groups is 1. The number of hydrogen-bond donors (Lipinski definition) is 0. The molecule has 4 heteroatoms. The number of esters is 1. The van der Waals surface area contributed by atoms with Gasteiger partial charge in [-0.25, -0.2) is 9.90 Å². The molecule has 0 atom stereocenters. The molecule has 4 nitrogen and oxygen atoms in total. The van der Waals surface area contributed by atoms with E-state index in [9.17, 15) is 9.90 Å². The molecule has 1 aromatic heterocycles. The van der Waals surface area contributed by atoms with Crippen molar-refractivity contribution in [2.24, 2.45) is 0 Å². The van der Waals surface area contributed by atoms with E-state index in [1.807, 2.05) is 0 Å². The largest absolute Gasteiger partial charge is 0.462 e. The van der Waals surface area contributed by atoms with Crippen LogP contribution in [0.1, 0.15) is 16.8 Å². The SMILES string of the molecule is [O]CCCOC(=O)c1cccnc1. The minimum absolute atomic E-state index is 0.178. The van der Waals surface area contributed by atoms with Gasteiger partial charge >= 0.3 is 5.97 Å². The molecule has 0 aromatic carbocycles. The molecule has 0 aliphatic rings. The lowest BCUT2D eigenvalue weighted by Crippen LogP contribution is -2.07. The molecular formula is C9H10NO3. The van der Waals surface area contributed by atoms with Crippen LogP contribution in [0.2, 0.25) is 0 Å². The molecule has 13 heavy (non-hydrogen) atoms. The molecule has 0 unspecified atom stereocenters. The average molecular weight is 180 g/mol. The summed E-state index contributed by atoms with van der Waals surface area (Å²) in [5.74, 6) is -0.429. The van der Waals surface area contributed by atoms with Gasteiger partial charge < -0.3 is 4.74 Å². The van der Waals surface area contributed by atoms with Crippen LogP contribution >= 0.6 is 0 Å². The zero-order valence-corrected chi connectivity index (χ0v) is 7.10. The number of carbonyl (C=O) groups excluding carboxylic acids is 1. The monoisotopic (exact) mass is 180 g/mol. The molecule has 0 aliphatic heterocycles. The van der Waals surface area contributed by atoms with E-state index < -0.39 is 5.97 Å². The van der Waals surface area contributed by atoms with Gasteiger partial charge in [-0.1, -0.05) is 0 Å². The smallest absolute Gasteiger partial charge is 0.339 e. The van der Waals surface area contributed by atoms with Gasteiger partial charge in [-0.3, -0.25) is 4.98 Å². The molecule has 0 amide bonds. The first kappa shape index (κ1) is 9.67. The Labute approximate surface area is 76.2 Å².